The molecule has 3 amide bonds. The zero-order valence-corrected chi connectivity index (χ0v) is 22.9. The van der Waals surface area contributed by atoms with E-state index in [0.29, 0.717) is 29.2 Å². The van der Waals surface area contributed by atoms with Gasteiger partial charge >= 0.3 is 12.0 Å². The zero-order valence-electron chi connectivity index (χ0n) is 22.9. The molecule has 0 aliphatic heterocycles. The third kappa shape index (κ3) is 6.67. The van der Waals surface area contributed by atoms with Crippen LogP contribution in [0.5, 0.6) is 11.5 Å². The molecular weight excluding hydrogens is 531 g/mol. The normalized spacial score (nSPS) is 11.1. The van der Waals surface area contributed by atoms with Crippen LogP contribution in [0.2, 0.25) is 0 Å². The Hall–Kier alpha value is -5.26. The second-order valence-corrected chi connectivity index (χ2v) is 10.1. The number of hydrogen-bond acceptors (Lipinski definition) is 6. The number of aromatic carboxylic acids is 1. The summed E-state index contributed by atoms with van der Waals surface area (Å²) in [6.07, 6.45) is 1.82. The van der Waals surface area contributed by atoms with Crippen molar-refractivity contribution in [1.29, 1.82) is 0 Å². The third-order valence-corrected chi connectivity index (χ3v) is 6.07. The highest BCUT2D eigenvalue weighted by atomic mass is 19.1. The van der Waals surface area contributed by atoms with Crippen LogP contribution in [0.4, 0.5) is 20.7 Å². The minimum atomic E-state index is -1.03. The minimum absolute atomic E-state index is 0.00413. The largest absolute Gasteiger partial charge is 0.478 e. The van der Waals surface area contributed by atoms with Crippen LogP contribution >= 0.6 is 0 Å². The van der Waals surface area contributed by atoms with Crippen molar-refractivity contribution in [2.24, 2.45) is 5.73 Å². The van der Waals surface area contributed by atoms with Crippen molar-refractivity contribution in [2.75, 3.05) is 10.6 Å². The molecule has 0 aliphatic carbocycles. The number of primary amides is 1. The number of nitrogens with one attached hydrogen (secondary N) is 2. The molecule has 2 heterocycles. The lowest BCUT2D eigenvalue weighted by Crippen LogP contribution is -2.22. The van der Waals surface area contributed by atoms with E-state index in [1.165, 1.54) is 41.2 Å². The summed E-state index contributed by atoms with van der Waals surface area (Å²) in [5.41, 5.74) is 6.79. The van der Waals surface area contributed by atoms with Gasteiger partial charge in [-0.15, -0.1) is 0 Å². The standard InChI is InChI=1S/C29H29FN6O5/c1-5-16-12-17(6-8-20(16)27(38)39)36-25(15-24(35-36)29(2,3)4)34-28(40)33-22-9-7-18(13-21(22)30)41-19-10-11-32-23(14-19)26(31)37/h6-15H,5H2,1-4H3,(H2,31,37)(H,38,39)(H2,33,34,40). The molecule has 0 unspecified atom stereocenters. The van der Waals surface area contributed by atoms with E-state index in [0.717, 1.165) is 6.07 Å². The molecular formula is C29H29FN6O5. The van der Waals surface area contributed by atoms with Gasteiger partial charge in [0, 0.05) is 29.8 Å². The van der Waals surface area contributed by atoms with Crippen molar-refractivity contribution in [3.05, 3.63) is 89.1 Å². The van der Waals surface area contributed by atoms with Crippen LogP contribution in [0.3, 0.4) is 0 Å². The number of carbonyl (C=O) groups is 3. The van der Waals surface area contributed by atoms with Crippen molar-refractivity contribution in [1.82, 2.24) is 14.8 Å². The quantitative estimate of drug-likeness (QED) is 0.221. The molecule has 2 aromatic carbocycles. The fraction of sp³-hybridized carbons (Fsp3) is 0.207. The number of urea groups is 1. The van der Waals surface area contributed by atoms with Gasteiger partial charge in [-0.05, 0) is 48.4 Å². The Labute approximate surface area is 235 Å². The second kappa shape index (κ2) is 11.5. The molecule has 4 rings (SSSR count). The van der Waals surface area contributed by atoms with E-state index >= 15 is 0 Å². The number of nitrogens with zero attached hydrogens (tertiary/aromatic N) is 3. The number of amides is 3. The highest BCUT2D eigenvalue weighted by molar-refractivity contribution is 5.99. The molecule has 41 heavy (non-hydrogen) atoms. The Morgan fingerprint density at radius 3 is 2.39 bits per heavy atom. The first-order valence-corrected chi connectivity index (χ1v) is 12.6. The summed E-state index contributed by atoms with van der Waals surface area (Å²) in [4.78, 5) is 39.7. The van der Waals surface area contributed by atoms with Crippen LogP contribution in [0.1, 0.15) is 59.8 Å². The summed E-state index contributed by atoms with van der Waals surface area (Å²) >= 11 is 0. The lowest BCUT2D eigenvalue weighted by atomic mass is 9.92. The van der Waals surface area contributed by atoms with Crippen LogP contribution in [0.25, 0.3) is 5.69 Å². The fourth-order valence-corrected chi connectivity index (χ4v) is 3.92. The average Bonchev–Trinajstić information content (AvgIpc) is 3.34. The van der Waals surface area contributed by atoms with Crippen LogP contribution in [0, 0.1) is 5.82 Å². The Kier molecular flexibility index (Phi) is 8.03. The summed E-state index contributed by atoms with van der Waals surface area (Å²) in [5.74, 6) is -1.86. The van der Waals surface area contributed by atoms with Gasteiger partial charge in [-0.2, -0.15) is 5.10 Å². The number of carbonyl (C=O) groups excluding carboxylic acids is 2. The molecule has 212 valence electrons. The van der Waals surface area contributed by atoms with E-state index in [1.54, 1.807) is 18.2 Å². The first kappa shape index (κ1) is 28.7. The van der Waals surface area contributed by atoms with Crippen LogP contribution in [0.15, 0.2) is 60.8 Å². The number of pyridine rings is 1. The minimum Gasteiger partial charge on any atom is -0.478 e. The average molecular weight is 561 g/mol. The number of aromatic nitrogens is 3. The van der Waals surface area contributed by atoms with Gasteiger partial charge in [-0.25, -0.2) is 18.7 Å². The van der Waals surface area contributed by atoms with E-state index in [9.17, 15) is 23.9 Å². The van der Waals surface area contributed by atoms with Crippen molar-refractivity contribution in [3.8, 4) is 17.2 Å². The van der Waals surface area contributed by atoms with Crippen molar-refractivity contribution < 1.29 is 28.6 Å². The van der Waals surface area contributed by atoms with E-state index in [4.69, 9.17) is 10.5 Å². The first-order chi connectivity index (χ1) is 19.3. The topological polar surface area (TPSA) is 161 Å². The zero-order chi connectivity index (χ0) is 29.9. The van der Waals surface area contributed by atoms with E-state index in [1.807, 2.05) is 27.7 Å². The van der Waals surface area contributed by atoms with Gasteiger partial charge in [-0.3, -0.25) is 15.1 Å². The number of carboxylic acid groups (broad SMARTS) is 1. The molecule has 0 saturated heterocycles. The van der Waals surface area contributed by atoms with Gasteiger partial charge in [0.1, 0.15) is 28.8 Å². The Morgan fingerprint density at radius 1 is 1.02 bits per heavy atom. The molecule has 0 bridgehead atoms. The maximum Gasteiger partial charge on any atom is 0.335 e. The monoisotopic (exact) mass is 560 g/mol. The number of halogens is 1. The molecule has 4 aromatic rings. The third-order valence-electron chi connectivity index (χ3n) is 6.07. The summed E-state index contributed by atoms with van der Waals surface area (Å²) in [6, 6.07) is 12.5. The number of anilines is 2. The van der Waals surface area contributed by atoms with Gasteiger partial charge < -0.3 is 20.9 Å². The molecule has 0 spiro atoms. The first-order valence-electron chi connectivity index (χ1n) is 12.6. The molecule has 2 aromatic heterocycles. The highest BCUT2D eigenvalue weighted by Crippen LogP contribution is 2.29. The molecule has 0 aliphatic rings. The van der Waals surface area contributed by atoms with Gasteiger partial charge in [-0.1, -0.05) is 27.7 Å². The molecule has 0 fully saturated rings. The molecule has 12 heteroatoms. The smallest absolute Gasteiger partial charge is 0.335 e. The number of benzene rings is 2. The van der Waals surface area contributed by atoms with Gasteiger partial charge in [0.2, 0.25) is 0 Å². The van der Waals surface area contributed by atoms with Gasteiger partial charge in [0.05, 0.1) is 22.6 Å². The van der Waals surface area contributed by atoms with Gasteiger partial charge in [0.25, 0.3) is 5.91 Å². The molecule has 0 radical (unpaired) electrons. The van der Waals surface area contributed by atoms with Crippen molar-refractivity contribution in [3.63, 3.8) is 0 Å². The maximum atomic E-state index is 14.9. The summed E-state index contributed by atoms with van der Waals surface area (Å²) in [7, 11) is 0. The molecule has 5 N–H and O–H groups in total. The fourth-order valence-electron chi connectivity index (χ4n) is 3.92. The SMILES string of the molecule is CCc1cc(-n2nc(C(C)(C)C)cc2NC(=O)Nc2ccc(Oc3ccnc(C(N)=O)c3)cc2F)ccc1C(=O)O. The lowest BCUT2D eigenvalue weighted by Gasteiger charge is -2.14. The predicted octanol–water partition coefficient (Wildman–Crippen LogP) is 5.50. The van der Waals surface area contributed by atoms with Gasteiger partial charge in [0.15, 0.2) is 0 Å². The number of nitrogens with two attached hydrogens (primary N) is 1. The Morgan fingerprint density at radius 2 is 1.76 bits per heavy atom. The van der Waals surface area contributed by atoms with E-state index in [-0.39, 0.29) is 33.9 Å². The van der Waals surface area contributed by atoms with Crippen LogP contribution < -0.4 is 21.1 Å². The number of carboxylic acids is 1. The second-order valence-electron chi connectivity index (χ2n) is 10.1. The van der Waals surface area contributed by atoms with Crippen molar-refractivity contribution in [2.45, 2.75) is 39.5 Å². The Balaban J connectivity index is 1.56. The van der Waals surface area contributed by atoms with Crippen LogP contribution in [-0.4, -0.2) is 37.8 Å². The summed E-state index contributed by atoms with van der Waals surface area (Å²) in [5, 5.41) is 19.3. The molecule has 11 nitrogen and oxygen atoms in total. The number of hydrogen-bond donors (Lipinski definition) is 4. The highest BCUT2D eigenvalue weighted by Gasteiger charge is 2.22. The maximum absolute atomic E-state index is 14.9. The lowest BCUT2D eigenvalue weighted by molar-refractivity contribution is 0.0695. The predicted molar refractivity (Wildman–Crippen MR) is 150 cm³/mol. The number of rotatable bonds is 8. The van der Waals surface area contributed by atoms with E-state index in [2.05, 4.69) is 20.7 Å². The number of ether oxygens (including phenoxy) is 1. The summed E-state index contributed by atoms with van der Waals surface area (Å²) in [6.45, 7) is 7.75. The Bertz CT molecular complexity index is 1640. The van der Waals surface area contributed by atoms with Crippen molar-refractivity contribution >= 4 is 29.4 Å². The number of aryl methyl sites for hydroxylation is 1. The summed E-state index contributed by atoms with van der Waals surface area (Å²) < 4.78 is 22.0. The molecule has 0 saturated carbocycles. The van der Waals surface area contributed by atoms with Crippen LogP contribution in [-0.2, 0) is 11.8 Å². The molecule has 0 atom stereocenters. The van der Waals surface area contributed by atoms with E-state index < -0.39 is 23.7 Å².